The quantitative estimate of drug-likeness (QED) is 0.464. The van der Waals surface area contributed by atoms with Crippen molar-refractivity contribution in [1.29, 1.82) is 0 Å². The van der Waals surface area contributed by atoms with Crippen molar-refractivity contribution in [3.8, 4) is 0 Å². The normalized spacial score (nSPS) is 7.52. The maximum atomic E-state index is 7.50. The van der Waals surface area contributed by atoms with E-state index in [1.807, 2.05) is 38.1 Å². The first-order chi connectivity index (χ1) is 9.79. The van der Waals surface area contributed by atoms with E-state index in [0.717, 1.165) is 5.56 Å². The average Bonchev–Trinajstić information content (AvgIpc) is 2.54. The van der Waals surface area contributed by atoms with E-state index >= 15 is 0 Å². The minimum absolute atomic E-state index is 0. The van der Waals surface area contributed by atoms with E-state index in [0.29, 0.717) is 18.2 Å². The Morgan fingerprint density at radius 3 is 1.67 bits per heavy atom. The minimum atomic E-state index is -0.348. The smallest absolute Gasteiger partial charge is 0 e. The number of ether oxygens (including phenoxy) is 2. The molecule has 0 aliphatic heterocycles. The molecule has 0 saturated carbocycles. The van der Waals surface area contributed by atoms with Crippen LogP contribution in [0.5, 0.6) is 0 Å². The van der Waals surface area contributed by atoms with E-state index in [4.69, 9.17) is 35.0 Å². The van der Waals surface area contributed by atoms with Crippen LogP contribution in [-0.4, -0.2) is 13.2 Å². The van der Waals surface area contributed by atoms with Gasteiger partial charge in [0.05, 0.1) is 0 Å². The number of rotatable bonds is 5. The molecule has 1 aromatic carbocycles. The maximum absolute atomic E-state index is 7.50. The molecule has 0 bridgehead atoms. The van der Waals surface area contributed by atoms with Gasteiger partial charge in [0.2, 0.25) is 0 Å². The summed E-state index contributed by atoms with van der Waals surface area (Å²) in [6, 6.07) is 7.56. The van der Waals surface area contributed by atoms with E-state index in [2.05, 4.69) is 20.0 Å². The molecule has 0 N–H and O–H groups in total. The molecular weight excluding hydrogens is 336 g/mol. The van der Waals surface area contributed by atoms with Crippen molar-refractivity contribution in [3.63, 3.8) is 0 Å². The van der Waals surface area contributed by atoms with Crippen molar-refractivity contribution < 1.29 is 40.8 Å². The fourth-order valence-electron chi connectivity index (χ4n) is 1.20. The fraction of sp³-hybridized carbons (Fsp3) is 0.357. The Kier molecular flexibility index (Phi) is 32.7. The third-order valence-electron chi connectivity index (χ3n) is 1.80. The van der Waals surface area contributed by atoms with Gasteiger partial charge in [-0.2, -0.15) is 0 Å². The summed E-state index contributed by atoms with van der Waals surface area (Å²) in [4.78, 5) is 0. The number of halogens is 1. The molecule has 0 unspecified atom stereocenters. The molecule has 0 heterocycles. The summed E-state index contributed by atoms with van der Waals surface area (Å²) >= 11 is 6.03. The van der Waals surface area contributed by atoms with Crippen molar-refractivity contribution >= 4 is 11.6 Å². The Labute approximate surface area is 140 Å². The summed E-state index contributed by atoms with van der Waals surface area (Å²) in [5.41, 5.74) is 0.887. The van der Waals surface area contributed by atoms with Gasteiger partial charge in [0.25, 0.3) is 0 Å². The maximum Gasteiger partial charge on any atom is 0 e. The van der Waals surface area contributed by atoms with E-state index in [-0.39, 0.29) is 23.7 Å². The molecule has 0 atom stereocenters. The molecule has 0 radical (unpaired) electrons. The van der Waals surface area contributed by atoms with Crippen LogP contribution in [0, 0.1) is 20.0 Å². The fourth-order valence-corrected chi connectivity index (χ4v) is 1.42. The van der Waals surface area contributed by atoms with Crippen LogP contribution in [-0.2, 0) is 40.8 Å². The number of hydrogen-bond donors (Lipinski definition) is 0. The van der Waals surface area contributed by atoms with Crippen molar-refractivity contribution in [2.75, 3.05) is 13.2 Å². The second-order valence-corrected chi connectivity index (χ2v) is 3.17. The van der Waals surface area contributed by atoms with Crippen LogP contribution < -0.4 is 0 Å². The summed E-state index contributed by atoms with van der Waals surface area (Å²) in [6.07, 6.45) is -0.348. The second-order valence-electron chi connectivity index (χ2n) is 2.76. The first-order valence-corrected chi connectivity index (χ1v) is 5.76. The molecule has 114 valence electrons. The first kappa shape index (κ1) is 28.4. The van der Waals surface area contributed by atoms with Gasteiger partial charge in [-0.25, -0.2) is 0 Å². The zero-order valence-electron chi connectivity index (χ0n) is 11.6. The Hall–Kier alpha value is -0.818. The summed E-state index contributed by atoms with van der Waals surface area (Å²) in [5.74, 6) is 0. The Balaban J connectivity index is -0.000000183. The SMILES string of the molecule is CCOC(OCC)c1ccccc1Cl.[C-]#[O+].[C-]#[O+].[C-]#[O+].[Cr]. The van der Waals surface area contributed by atoms with Crippen LogP contribution in [0.25, 0.3) is 0 Å². The van der Waals surface area contributed by atoms with Crippen LogP contribution >= 0.6 is 11.6 Å². The zero-order chi connectivity index (χ0) is 16.4. The van der Waals surface area contributed by atoms with Gasteiger partial charge in [0, 0.05) is 41.2 Å². The van der Waals surface area contributed by atoms with E-state index in [1.165, 1.54) is 0 Å². The molecule has 7 heteroatoms. The minimum Gasteiger partial charge on any atom is 0 e. The Morgan fingerprint density at radius 1 is 0.952 bits per heavy atom. The molecule has 5 nitrogen and oxygen atoms in total. The molecule has 0 aliphatic carbocycles. The predicted octanol–water partition coefficient (Wildman–Crippen LogP) is 3.30. The van der Waals surface area contributed by atoms with Crippen LogP contribution in [0.1, 0.15) is 25.7 Å². The number of hydrogen-bond acceptors (Lipinski definition) is 2. The van der Waals surface area contributed by atoms with E-state index in [1.54, 1.807) is 0 Å². The van der Waals surface area contributed by atoms with Crippen molar-refractivity contribution in [2.45, 2.75) is 20.1 Å². The molecular formula is C14H15ClCrO5. The molecule has 21 heavy (non-hydrogen) atoms. The van der Waals surface area contributed by atoms with Gasteiger partial charge < -0.3 is 9.47 Å². The van der Waals surface area contributed by atoms with Gasteiger partial charge >= 0.3 is 33.9 Å². The van der Waals surface area contributed by atoms with E-state index in [9.17, 15) is 0 Å². The van der Waals surface area contributed by atoms with E-state index < -0.39 is 0 Å². The average molecular weight is 351 g/mol. The van der Waals surface area contributed by atoms with Crippen LogP contribution in [0.15, 0.2) is 24.3 Å². The van der Waals surface area contributed by atoms with Gasteiger partial charge in [-0.15, -0.1) is 0 Å². The van der Waals surface area contributed by atoms with Gasteiger partial charge in [0.1, 0.15) is 0 Å². The van der Waals surface area contributed by atoms with Gasteiger partial charge in [-0.05, 0) is 19.9 Å². The molecule has 1 rings (SSSR count). The summed E-state index contributed by atoms with van der Waals surface area (Å²) in [5, 5.41) is 0.680. The summed E-state index contributed by atoms with van der Waals surface area (Å²) < 4.78 is 33.4. The third-order valence-corrected chi connectivity index (χ3v) is 2.14. The Bertz CT molecular complexity index is 372. The molecule has 0 amide bonds. The molecule has 1 aromatic rings. The number of benzene rings is 1. The van der Waals surface area contributed by atoms with Crippen LogP contribution in [0.2, 0.25) is 5.02 Å². The second kappa shape index (κ2) is 24.2. The molecule has 0 aliphatic rings. The Morgan fingerprint density at radius 2 is 1.33 bits per heavy atom. The summed E-state index contributed by atoms with van der Waals surface area (Å²) in [7, 11) is 0. The zero-order valence-corrected chi connectivity index (χ0v) is 13.7. The van der Waals surface area contributed by atoms with Gasteiger partial charge in [-0.3, -0.25) is 0 Å². The standard InChI is InChI=1S/C11H15ClO2.3CO.Cr/c1-3-13-11(14-4-2)9-7-5-6-8-10(9)12;3*1-2;/h5-8,11H,3-4H2,1-2H3;;;;. The molecule has 0 spiro atoms. The van der Waals surface area contributed by atoms with Crippen LogP contribution in [0.3, 0.4) is 0 Å². The molecule has 0 saturated heterocycles. The first-order valence-electron chi connectivity index (χ1n) is 5.38. The van der Waals surface area contributed by atoms with Gasteiger partial charge in [-0.1, -0.05) is 29.8 Å². The largest absolute Gasteiger partial charge is 0 e. The predicted molar refractivity (Wildman–Crippen MR) is 69.2 cm³/mol. The van der Waals surface area contributed by atoms with Crippen molar-refractivity contribution in [1.82, 2.24) is 0 Å². The van der Waals surface area contributed by atoms with Crippen molar-refractivity contribution in [3.05, 3.63) is 54.8 Å². The molecule has 0 aromatic heterocycles. The third kappa shape index (κ3) is 13.9. The monoisotopic (exact) mass is 350 g/mol. The van der Waals surface area contributed by atoms with Crippen LogP contribution in [0.4, 0.5) is 0 Å². The van der Waals surface area contributed by atoms with Crippen molar-refractivity contribution in [2.24, 2.45) is 0 Å². The summed E-state index contributed by atoms with van der Waals surface area (Å²) in [6.45, 7) is 18.6. The topological polar surface area (TPSA) is 78.2 Å². The van der Waals surface area contributed by atoms with Gasteiger partial charge in [0.15, 0.2) is 6.29 Å². The molecule has 0 fully saturated rings.